The first-order valence-corrected chi connectivity index (χ1v) is 7.51. The molecule has 1 heterocycles. The molecule has 0 radical (unpaired) electrons. The number of aryl methyl sites for hydroxylation is 2. The van der Waals surface area contributed by atoms with Gasteiger partial charge in [-0.3, -0.25) is 0 Å². The summed E-state index contributed by atoms with van der Waals surface area (Å²) in [5.74, 6) is 2.75. The van der Waals surface area contributed by atoms with E-state index in [4.69, 9.17) is 4.42 Å². The van der Waals surface area contributed by atoms with Crippen LogP contribution in [-0.4, -0.2) is 6.04 Å². The number of hydrogen-bond acceptors (Lipinski definition) is 2. The van der Waals surface area contributed by atoms with E-state index in [1.165, 1.54) is 24.0 Å². The predicted octanol–water partition coefficient (Wildman–Crippen LogP) is 4.49. The first-order chi connectivity index (χ1) is 9.61. The third kappa shape index (κ3) is 2.80. The van der Waals surface area contributed by atoms with E-state index in [-0.39, 0.29) is 0 Å². The fourth-order valence-electron chi connectivity index (χ4n) is 2.99. The molecule has 2 aromatic rings. The number of rotatable bonds is 4. The minimum atomic E-state index is 0.299. The number of nitrogens with one attached hydrogen (secondary N) is 1. The van der Waals surface area contributed by atoms with Crippen molar-refractivity contribution in [3.05, 3.63) is 59.0 Å². The normalized spacial score (nSPS) is 23.4. The van der Waals surface area contributed by atoms with Crippen LogP contribution in [0.3, 0.4) is 0 Å². The Morgan fingerprint density at radius 1 is 1.05 bits per heavy atom. The van der Waals surface area contributed by atoms with Crippen LogP contribution in [0, 0.1) is 13.8 Å². The molecule has 2 nitrogen and oxygen atoms in total. The lowest BCUT2D eigenvalue weighted by Crippen LogP contribution is -2.41. The summed E-state index contributed by atoms with van der Waals surface area (Å²) in [5.41, 5.74) is 2.82. The van der Waals surface area contributed by atoms with Gasteiger partial charge in [0.25, 0.3) is 0 Å². The molecule has 1 aromatic heterocycles. The van der Waals surface area contributed by atoms with E-state index in [9.17, 15) is 0 Å². The van der Waals surface area contributed by atoms with Crippen molar-refractivity contribution in [2.24, 2.45) is 0 Å². The van der Waals surface area contributed by atoms with Crippen molar-refractivity contribution in [1.82, 2.24) is 5.32 Å². The van der Waals surface area contributed by atoms with Crippen molar-refractivity contribution < 1.29 is 4.42 Å². The van der Waals surface area contributed by atoms with Crippen LogP contribution in [0.2, 0.25) is 0 Å². The molecule has 1 aliphatic carbocycles. The Bertz CT molecular complexity index is 563. The van der Waals surface area contributed by atoms with Gasteiger partial charge in [0.1, 0.15) is 11.5 Å². The quantitative estimate of drug-likeness (QED) is 0.884. The maximum atomic E-state index is 5.68. The fourth-order valence-corrected chi connectivity index (χ4v) is 2.99. The minimum Gasteiger partial charge on any atom is -0.465 e. The Kier molecular flexibility index (Phi) is 3.66. The zero-order chi connectivity index (χ0) is 14.1. The third-order valence-electron chi connectivity index (χ3n) is 4.36. The van der Waals surface area contributed by atoms with E-state index in [1.807, 2.05) is 13.0 Å². The van der Waals surface area contributed by atoms with Gasteiger partial charge in [0.2, 0.25) is 0 Å². The molecule has 0 amide bonds. The maximum absolute atomic E-state index is 5.68. The fraction of sp³-hybridized carbons (Fsp3) is 0.444. The average molecular weight is 269 g/mol. The van der Waals surface area contributed by atoms with E-state index in [1.54, 1.807) is 0 Å². The zero-order valence-corrected chi connectivity index (χ0v) is 12.5. The van der Waals surface area contributed by atoms with Crippen LogP contribution < -0.4 is 5.32 Å². The van der Waals surface area contributed by atoms with Crippen LogP contribution in [0.15, 0.2) is 40.8 Å². The van der Waals surface area contributed by atoms with E-state index >= 15 is 0 Å². The summed E-state index contributed by atoms with van der Waals surface area (Å²) >= 11 is 0. The molecule has 0 saturated heterocycles. The highest BCUT2D eigenvalue weighted by atomic mass is 16.3. The molecular formula is C18H23NO. The zero-order valence-electron chi connectivity index (χ0n) is 12.5. The summed E-state index contributed by atoms with van der Waals surface area (Å²) in [6.45, 7) is 6.31. The highest BCUT2D eigenvalue weighted by Gasteiger charge is 2.31. The highest BCUT2D eigenvalue weighted by molar-refractivity contribution is 5.27. The highest BCUT2D eigenvalue weighted by Crippen LogP contribution is 2.38. The standard InChI is InChI=1S/C18H23NO/c1-12-4-7-15(8-5-12)16-10-17(11-16)19-14(3)18-9-6-13(2)20-18/h4-9,14,16-17,19H,10-11H2,1-3H3. The summed E-state index contributed by atoms with van der Waals surface area (Å²) in [6.07, 6.45) is 2.46. The Balaban J connectivity index is 1.52. The summed E-state index contributed by atoms with van der Waals surface area (Å²) in [5, 5.41) is 3.66. The minimum absolute atomic E-state index is 0.299. The molecule has 1 atom stereocenters. The molecular weight excluding hydrogens is 246 g/mol. The molecule has 106 valence electrons. The molecule has 20 heavy (non-hydrogen) atoms. The molecule has 0 bridgehead atoms. The van der Waals surface area contributed by atoms with Crippen molar-refractivity contribution in [2.45, 2.75) is 51.6 Å². The second-order valence-electron chi connectivity index (χ2n) is 6.11. The molecule has 3 rings (SSSR count). The smallest absolute Gasteiger partial charge is 0.120 e. The summed E-state index contributed by atoms with van der Waals surface area (Å²) in [7, 11) is 0. The van der Waals surface area contributed by atoms with Crippen LogP contribution in [0.25, 0.3) is 0 Å². The summed E-state index contributed by atoms with van der Waals surface area (Å²) in [4.78, 5) is 0. The van der Waals surface area contributed by atoms with E-state index in [2.05, 4.69) is 49.5 Å². The number of benzene rings is 1. The Hall–Kier alpha value is -1.54. The lowest BCUT2D eigenvalue weighted by atomic mass is 9.75. The largest absolute Gasteiger partial charge is 0.465 e. The number of furan rings is 1. The summed E-state index contributed by atoms with van der Waals surface area (Å²) < 4.78 is 5.68. The van der Waals surface area contributed by atoms with Crippen molar-refractivity contribution in [1.29, 1.82) is 0 Å². The van der Waals surface area contributed by atoms with Gasteiger partial charge in [-0.2, -0.15) is 0 Å². The molecule has 1 unspecified atom stereocenters. The molecule has 1 aliphatic rings. The Morgan fingerprint density at radius 2 is 1.75 bits per heavy atom. The van der Waals surface area contributed by atoms with Crippen molar-refractivity contribution in [2.75, 3.05) is 0 Å². The van der Waals surface area contributed by atoms with Crippen LogP contribution in [0.1, 0.15) is 54.4 Å². The van der Waals surface area contributed by atoms with E-state index in [0.717, 1.165) is 17.4 Å². The molecule has 1 N–H and O–H groups in total. The maximum Gasteiger partial charge on any atom is 0.120 e. The van der Waals surface area contributed by atoms with Gasteiger partial charge < -0.3 is 9.73 Å². The van der Waals surface area contributed by atoms with Crippen LogP contribution >= 0.6 is 0 Å². The van der Waals surface area contributed by atoms with Crippen LogP contribution in [0.5, 0.6) is 0 Å². The molecule has 1 saturated carbocycles. The molecule has 0 aliphatic heterocycles. The monoisotopic (exact) mass is 269 g/mol. The Labute approximate surface area is 121 Å². The van der Waals surface area contributed by atoms with Gasteiger partial charge in [0.05, 0.1) is 6.04 Å². The van der Waals surface area contributed by atoms with E-state index < -0.39 is 0 Å². The topological polar surface area (TPSA) is 25.2 Å². The first-order valence-electron chi connectivity index (χ1n) is 7.51. The molecule has 1 fully saturated rings. The SMILES string of the molecule is Cc1ccc(C2CC(NC(C)c3ccc(C)o3)C2)cc1. The summed E-state index contributed by atoms with van der Waals surface area (Å²) in [6, 6.07) is 14.0. The van der Waals surface area contributed by atoms with Gasteiger partial charge in [-0.15, -0.1) is 0 Å². The average Bonchev–Trinajstić information content (AvgIpc) is 2.81. The number of hydrogen-bond donors (Lipinski definition) is 1. The lowest BCUT2D eigenvalue weighted by molar-refractivity contribution is 0.257. The van der Waals surface area contributed by atoms with Gasteiger partial charge in [-0.25, -0.2) is 0 Å². The first kappa shape index (κ1) is 13.4. The van der Waals surface area contributed by atoms with Gasteiger partial charge >= 0.3 is 0 Å². The van der Waals surface area contributed by atoms with Gasteiger partial charge in [-0.1, -0.05) is 29.8 Å². The van der Waals surface area contributed by atoms with Gasteiger partial charge in [-0.05, 0) is 57.2 Å². The van der Waals surface area contributed by atoms with Crippen LogP contribution in [-0.2, 0) is 0 Å². The van der Waals surface area contributed by atoms with Crippen LogP contribution in [0.4, 0.5) is 0 Å². The third-order valence-corrected chi connectivity index (χ3v) is 4.36. The van der Waals surface area contributed by atoms with Crippen molar-refractivity contribution in [3.63, 3.8) is 0 Å². The van der Waals surface area contributed by atoms with Gasteiger partial charge in [0.15, 0.2) is 0 Å². The molecule has 0 spiro atoms. The lowest BCUT2D eigenvalue weighted by Gasteiger charge is -2.38. The van der Waals surface area contributed by atoms with Crippen molar-refractivity contribution in [3.8, 4) is 0 Å². The Morgan fingerprint density at radius 3 is 2.35 bits per heavy atom. The predicted molar refractivity (Wildman–Crippen MR) is 81.9 cm³/mol. The second-order valence-corrected chi connectivity index (χ2v) is 6.11. The van der Waals surface area contributed by atoms with E-state index in [0.29, 0.717) is 12.1 Å². The molecule has 2 heteroatoms. The molecule has 1 aromatic carbocycles. The van der Waals surface area contributed by atoms with Crippen molar-refractivity contribution >= 4 is 0 Å². The second kappa shape index (κ2) is 5.45. The van der Waals surface area contributed by atoms with Gasteiger partial charge in [0, 0.05) is 6.04 Å².